The van der Waals surface area contributed by atoms with Gasteiger partial charge >= 0.3 is 0 Å². The van der Waals surface area contributed by atoms with Gasteiger partial charge in [-0.25, -0.2) is 4.98 Å². The fraction of sp³-hybridized carbons (Fsp3) is 0.417. The molecule has 16 heavy (non-hydrogen) atoms. The van der Waals surface area contributed by atoms with E-state index in [1.54, 1.807) is 11.3 Å². The predicted octanol–water partition coefficient (Wildman–Crippen LogP) is 2.09. The summed E-state index contributed by atoms with van der Waals surface area (Å²) in [6, 6.07) is 8.98. The van der Waals surface area contributed by atoms with Crippen molar-refractivity contribution >= 4 is 26.7 Å². The van der Waals surface area contributed by atoms with Crippen molar-refractivity contribution in [2.24, 2.45) is 0 Å². The number of fused-ring (bicyclic) bond motifs is 1. The Balaban J connectivity index is 1.96. The lowest BCUT2D eigenvalue weighted by atomic mass is 10.1. The van der Waals surface area contributed by atoms with Crippen LogP contribution < -0.4 is 10.2 Å². The van der Waals surface area contributed by atoms with Gasteiger partial charge in [0.2, 0.25) is 0 Å². The molecule has 4 heteroatoms. The van der Waals surface area contributed by atoms with Crippen LogP contribution in [0.15, 0.2) is 24.3 Å². The molecule has 1 aromatic carbocycles. The van der Waals surface area contributed by atoms with Crippen LogP contribution in [-0.2, 0) is 0 Å². The number of anilines is 1. The zero-order chi connectivity index (χ0) is 11.0. The summed E-state index contributed by atoms with van der Waals surface area (Å²) in [4.78, 5) is 7.11. The summed E-state index contributed by atoms with van der Waals surface area (Å²) < 4.78 is 1.28. The maximum Gasteiger partial charge on any atom is 0.186 e. The molecule has 0 spiro atoms. The van der Waals surface area contributed by atoms with Crippen molar-refractivity contribution in [1.82, 2.24) is 10.3 Å². The monoisotopic (exact) mass is 233 g/mol. The average Bonchev–Trinajstić information content (AvgIpc) is 2.66. The summed E-state index contributed by atoms with van der Waals surface area (Å²) in [5.74, 6) is 0. The maximum atomic E-state index is 4.70. The van der Waals surface area contributed by atoms with Crippen LogP contribution in [0.4, 0.5) is 5.13 Å². The van der Waals surface area contributed by atoms with Crippen LogP contribution in [0.3, 0.4) is 0 Å². The molecule has 3 rings (SSSR count). The molecule has 2 heterocycles. The molecule has 0 unspecified atom stereocenters. The molecule has 1 saturated heterocycles. The smallest absolute Gasteiger partial charge is 0.186 e. The first-order valence-electron chi connectivity index (χ1n) is 5.71. The van der Waals surface area contributed by atoms with Crippen molar-refractivity contribution in [3.05, 3.63) is 24.3 Å². The van der Waals surface area contributed by atoms with E-state index in [2.05, 4.69) is 35.3 Å². The van der Waals surface area contributed by atoms with Crippen LogP contribution in [0, 0.1) is 0 Å². The summed E-state index contributed by atoms with van der Waals surface area (Å²) >= 11 is 1.79. The molecule has 1 aliphatic heterocycles. The molecule has 0 atom stereocenters. The van der Waals surface area contributed by atoms with Crippen LogP contribution in [0.1, 0.15) is 6.92 Å². The molecule has 0 aliphatic carbocycles. The van der Waals surface area contributed by atoms with E-state index in [4.69, 9.17) is 4.98 Å². The van der Waals surface area contributed by atoms with Gasteiger partial charge in [0.1, 0.15) is 0 Å². The number of hydrogen-bond acceptors (Lipinski definition) is 4. The minimum absolute atomic E-state index is 0.630. The van der Waals surface area contributed by atoms with Gasteiger partial charge in [-0.2, -0.15) is 0 Å². The quantitative estimate of drug-likeness (QED) is 0.880. The molecule has 0 saturated carbocycles. The lowest BCUT2D eigenvalue weighted by molar-refractivity contribution is 0.417. The molecule has 1 aromatic heterocycles. The lowest BCUT2D eigenvalue weighted by Crippen LogP contribution is -2.57. The number of rotatable bonds is 3. The SMILES string of the molecule is CCN(c1nc2ccccc2s1)C1CNC1. The Morgan fingerprint density at radius 3 is 2.88 bits per heavy atom. The van der Waals surface area contributed by atoms with E-state index in [0.717, 1.165) is 30.3 Å². The number of thiazole rings is 1. The summed E-state index contributed by atoms with van der Waals surface area (Å²) in [6.07, 6.45) is 0. The van der Waals surface area contributed by atoms with Gasteiger partial charge in [-0.1, -0.05) is 23.5 Å². The molecule has 0 radical (unpaired) electrons. The number of nitrogens with one attached hydrogen (secondary N) is 1. The largest absolute Gasteiger partial charge is 0.343 e. The van der Waals surface area contributed by atoms with Crippen LogP contribution in [0.5, 0.6) is 0 Å². The van der Waals surface area contributed by atoms with E-state index in [9.17, 15) is 0 Å². The Labute approximate surface area is 99.1 Å². The third-order valence-corrected chi connectivity index (χ3v) is 4.14. The first-order valence-corrected chi connectivity index (χ1v) is 6.53. The molecule has 0 amide bonds. The molecule has 2 aromatic rings. The third-order valence-electron chi connectivity index (χ3n) is 3.07. The van der Waals surface area contributed by atoms with Crippen molar-refractivity contribution in [1.29, 1.82) is 0 Å². The van der Waals surface area contributed by atoms with E-state index >= 15 is 0 Å². The highest BCUT2D eigenvalue weighted by Gasteiger charge is 2.25. The van der Waals surface area contributed by atoms with E-state index in [1.807, 2.05) is 6.07 Å². The van der Waals surface area contributed by atoms with E-state index in [1.165, 1.54) is 4.70 Å². The van der Waals surface area contributed by atoms with Gasteiger partial charge in [0.15, 0.2) is 5.13 Å². The number of hydrogen-bond donors (Lipinski definition) is 1. The van der Waals surface area contributed by atoms with E-state index < -0.39 is 0 Å². The highest BCUT2D eigenvalue weighted by atomic mass is 32.1. The van der Waals surface area contributed by atoms with Crippen molar-refractivity contribution in [3.8, 4) is 0 Å². The zero-order valence-corrected chi connectivity index (χ0v) is 10.1. The van der Waals surface area contributed by atoms with Gasteiger partial charge < -0.3 is 10.2 Å². The van der Waals surface area contributed by atoms with Gasteiger partial charge in [0, 0.05) is 19.6 Å². The fourth-order valence-corrected chi connectivity index (χ4v) is 3.13. The topological polar surface area (TPSA) is 28.2 Å². The van der Waals surface area contributed by atoms with Crippen LogP contribution in [0.2, 0.25) is 0 Å². The lowest BCUT2D eigenvalue weighted by Gasteiger charge is -2.37. The number of benzene rings is 1. The number of para-hydroxylation sites is 1. The highest BCUT2D eigenvalue weighted by Crippen LogP contribution is 2.30. The second kappa shape index (κ2) is 4.03. The highest BCUT2D eigenvalue weighted by molar-refractivity contribution is 7.22. The van der Waals surface area contributed by atoms with E-state index in [0.29, 0.717) is 6.04 Å². The summed E-state index contributed by atoms with van der Waals surface area (Å²) in [6.45, 7) is 5.41. The maximum absolute atomic E-state index is 4.70. The second-order valence-corrected chi connectivity index (χ2v) is 5.07. The zero-order valence-electron chi connectivity index (χ0n) is 9.31. The number of likely N-dealkylation sites (N-methyl/N-ethyl adjacent to an activating group) is 1. The fourth-order valence-electron chi connectivity index (χ4n) is 2.03. The number of nitrogens with zero attached hydrogens (tertiary/aromatic N) is 2. The number of aromatic nitrogens is 1. The molecular formula is C12H15N3S. The third kappa shape index (κ3) is 1.58. The van der Waals surface area contributed by atoms with Gasteiger partial charge in [-0.05, 0) is 19.1 Å². The van der Waals surface area contributed by atoms with Crippen LogP contribution in [0.25, 0.3) is 10.2 Å². The Morgan fingerprint density at radius 1 is 1.44 bits per heavy atom. The first kappa shape index (κ1) is 10.1. The van der Waals surface area contributed by atoms with Crippen molar-refractivity contribution in [2.75, 3.05) is 24.5 Å². The molecule has 1 aliphatic rings. The predicted molar refractivity (Wildman–Crippen MR) is 69.3 cm³/mol. The molecule has 84 valence electrons. The molecule has 3 nitrogen and oxygen atoms in total. The van der Waals surface area contributed by atoms with Crippen LogP contribution >= 0.6 is 11.3 Å². The van der Waals surface area contributed by atoms with E-state index in [-0.39, 0.29) is 0 Å². The van der Waals surface area contributed by atoms with Crippen LogP contribution in [-0.4, -0.2) is 30.7 Å². The van der Waals surface area contributed by atoms with Gasteiger partial charge in [-0.3, -0.25) is 0 Å². The minimum atomic E-state index is 0.630. The van der Waals surface area contributed by atoms with Gasteiger partial charge in [-0.15, -0.1) is 0 Å². The summed E-state index contributed by atoms with van der Waals surface area (Å²) in [5, 5.41) is 4.48. The first-order chi connectivity index (χ1) is 7.88. The van der Waals surface area contributed by atoms with Crippen molar-refractivity contribution in [2.45, 2.75) is 13.0 Å². The summed E-state index contributed by atoms with van der Waals surface area (Å²) in [7, 11) is 0. The van der Waals surface area contributed by atoms with Gasteiger partial charge in [0.25, 0.3) is 0 Å². The van der Waals surface area contributed by atoms with Crippen molar-refractivity contribution < 1.29 is 0 Å². The normalized spacial score (nSPS) is 16.3. The molecular weight excluding hydrogens is 218 g/mol. The molecule has 0 bridgehead atoms. The second-order valence-electron chi connectivity index (χ2n) is 4.06. The Bertz CT molecular complexity index is 457. The summed E-state index contributed by atoms with van der Waals surface area (Å²) in [5.41, 5.74) is 1.12. The standard InChI is InChI=1S/C12H15N3S/c1-2-15(9-7-13-8-9)12-14-10-5-3-4-6-11(10)16-12/h3-6,9,13H,2,7-8H2,1H3. The Kier molecular flexibility index (Phi) is 2.53. The average molecular weight is 233 g/mol. The molecule has 1 fully saturated rings. The van der Waals surface area contributed by atoms with Crippen molar-refractivity contribution in [3.63, 3.8) is 0 Å². The molecule has 1 N–H and O–H groups in total. The Hall–Kier alpha value is -1.13. The Morgan fingerprint density at radius 2 is 2.25 bits per heavy atom. The minimum Gasteiger partial charge on any atom is -0.343 e. The van der Waals surface area contributed by atoms with Gasteiger partial charge in [0.05, 0.1) is 16.3 Å².